The lowest BCUT2D eigenvalue weighted by molar-refractivity contribution is 0.0697. The van der Waals surface area contributed by atoms with E-state index in [0.29, 0.717) is 13.1 Å². The van der Waals surface area contributed by atoms with Gasteiger partial charge in [0, 0.05) is 17.3 Å². The van der Waals surface area contributed by atoms with Gasteiger partial charge >= 0.3 is 12.0 Å². The van der Waals surface area contributed by atoms with Crippen LogP contribution in [-0.2, 0) is 18.5 Å². The second kappa shape index (κ2) is 7.44. The van der Waals surface area contributed by atoms with Gasteiger partial charge in [-0.05, 0) is 17.7 Å². The number of carboxylic acids is 1. The highest BCUT2D eigenvalue weighted by Gasteiger charge is 2.17. The van der Waals surface area contributed by atoms with Crippen LogP contribution in [0.1, 0.15) is 47.4 Å². The summed E-state index contributed by atoms with van der Waals surface area (Å²) in [6.45, 7) is 7.01. The van der Waals surface area contributed by atoms with Crippen LogP contribution >= 0.6 is 11.3 Å². The first kappa shape index (κ1) is 17.9. The number of amides is 2. The van der Waals surface area contributed by atoms with E-state index < -0.39 is 5.97 Å². The molecular weight excluding hydrogens is 326 g/mol. The number of urea groups is 1. The van der Waals surface area contributed by atoms with Gasteiger partial charge in [-0.3, -0.25) is 0 Å². The van der Waals surface area contributed by atoms with Gasteiger partial charge in [-0.2, -0.15) is 0 Å². The zero-order valence-electron chi connectivity index (χ0n) is 13.9. The summed E-state index contributed by atoms with van der Waals surface area (Å²) in [5.74, 6) is -0.967. The van der Waals surface area contributed by atoms with Crippen LogP contribution in [0.25, 0.3) is 0 Å². The highest BCUT2D eigenvalue weighted by Crippen LogP contribution is 2.23. The molecule has 0 unspecified atom stereocenters. The number of rotatable bonds is 5. The third-order valence-electron chi connectivity index (χ3n) is 3.37. The Kier molecular flexibility index (Phi) is 5.56. The third kappa shape index (κ3) is 5.06. The molecular formula is C17H21N3O3S. The standard InChI is InChI=1S/C17H21N3O3S/c1-17(2,3)13-10-24-14(20-13)9-19-16(23)18-8-11-4-6-12(7-5-11)15(21)22/h4-7,10H,8-9H2,1-3H3,(H,21,22)(H2,18,19,23). The number of carbonyl (C=O) groups is 2. The number of benzene rings is 1. The van der Waals surface area contributed by atoms with Crippen molar-refractivity contribution < 1.29 is 14.7 Å². The number of aromatic nitrogens is 1. The number of hydrogen-bond donors (Lipinski definition) is 3. The minimum Gasteiger partial charge on any atom is -0.478 e. The molecule has 0 aliphatic rings. The van der Waals surface area contributed by atoms with E-state index in [0.717, 1.165) is 16.3 Å². The van der Waals surface area contributed by atoms with Crippen molar-refractivity contribution in [3.8, 4) is 0 Å². The maximum atomic E-state index is 11.8. The van der Waals surface area contributed by atoms with E-state index in [1.807, 2.05) is 5.38 Å². The summed E-state index contributed by atoms with van der Waals surface area (Å²) in [6.07, 6.45) is 0. The minimum absolute atomic E-state index is 0.000870. The molecule has 0 radical (unpaired) electrons. The first-order valence-electron chi connectivity index (χ1n) is 7.54. The van der Waals surface area contributed by atoms with Gasteiger partial charge in [0.1, 0.15) is 5.01 Å². The lowest BCUT2D eigenvalue weighted by Gasteiger charge is -2.14. The summed E-state index contributed by atoms with van der Waals surface area (Å²) in [5, 5.41) is 17.2. The fourth-order valence-electron chi connectivity index (χ4n) is 1.90. The van der Waals surface area contributed by atoms with Crippen LogP contribution in [0.15, 0.2) is 29.6 Å². The summed E-state index contributed by atoms with van der Waals surface area (Å²) >= 11 is 1.53. The highest BCUT2D eigenvalue weighted by atomic mass is 32.1. The molecule has 0 aliphatic carbocycles. The van der Waals surface area contributed by atoms with Crippen molar-refractivity contribution in [2.75, 3.05) is 0 Å². The molecule has 0 saturated heterocycles. The Hall–Kier alpha value is -2.41. The molecule has 2 rings (SSSR count). The van der Waals surface area contributed by atoms with E-state index in [1.54, 1.807) is 12.1 Å². The number of carbonyl (C=O) groups excluding carboxylic acids is 1. The molecule has 2 amide bonds. The van der Waals surface area contributed by atoms with Crippen LogP contribution in [0.3, 0.4) is 0 Å². The number of nitrogens with one attached hydrogen (secondary N) is 2. The molecule has 7 heteroatoms. The van der Waals surface area contributed by atoms with Crippen LogP contribution in [0.4, 0.5) is 4.79 Å². The van der Waals surface area contributed by atoms with E-state index in [4.69, 9.17) is 5.11 Å². The minimum atomic E-state index is -0.967. The Morgan fingerprint density at radius 3 is 2.29 bits per heavy atom. The Balaban J connectivity index is 1.79. The van der Waals surface area contributed by atoms with Crippen LogP contribution in [0.2, 0.25) is 0 Å². The largest absolute Gasteiger partial charge is 0.478 e. The first-order valence-corrected chi connectivity index (χ1v) is 8.42. The molecule has 1 aromatic heterocycles. The van der Waals surface area contributed by atoms with Gasteiger partial charge in [-0.25, -0.2) is 14.6 Å². The number of thiazole rings is 1. The predicted octanol–water partition coefficient (Wildman–Crippen LogP) is 3.14. The molecule has 1 heterocycles. The molecule has 1 aromatic carbocycles. The van der Waals surface area contributed by atoms with Crippen LogP contribution < -0.4 is 10.6 Å². The predicted molar refractivity (Wildman–Crippen MR) is 93.3 cm³/mol. The normalized spacial score (nSPS) is 11.1. The monoisotopic (exact) mass is 347 g/mol. The van der Waals surface area contributed by atoms with E-state index in [2.05, 4.69) is 36.4 Å². The van der Waals surface area contributed by atoms with Gasteiger partial charge in [0.15, 0.2) is 0 Å². The zero-order chi connectivity index (χ0) is 17.7. The number of nitrogens with zero attached hydrogens (tertiary/aromatic N) is 1. The topological polar surface area (TPSA) is 91.3 Å². The maximum Gasteiger partial charge on any atom is 0.335 e. The second-order valence-electron chi connectivity index (χ2n) is 6.41. The smallest absolute Gasteiger partial charge is 0.335 e. The molecule has 6 nitrogen and oxygen atoms in total. The molecule has 2 aromatic rings. The van der Waals surface area contributed by atoms with Crippen molar-refractivity contribution in [2.24, 2.45) is 0 Å². The number of aromatic carboxylic acids is 1. The fourth-order valence-corrected chi connectivity index (χ4v) is 2.86. The second-order valence-corrected chi connectivity index (χ2v) is 7.36. The highest BCUT2D eigenvalue weighted by molar-refractivity contribution is 7.09. The van der Waals surface area contributed by atoms with Gasteiger partial charge in [0.2, 0.25) is 0 Å². The van der Waals surface area contributed by atoms with Gasteiger partial charge in [0.05, 0.1) is 17.8 Å². The fraction of sp³-hybridized carbons (Fsp3) is 0.353. The quantitative estimate of drug-likeness (QED) is 0.775. The Labute approximate surface area is 144 Å². The maximum absolute atomic E-state index is 11.8. The SMILES string of the molecule is CC(C)(C)c1csc(CNC(=O)NCc2ccc(C(=O)O)cc2)n1. The van der Waals surface area contributed by atoms with Crippen LogP contribution in [0, 0.1) is 0 Å². The first-order chi connectivity index (χ1) is 11.3. The van der Waals surface area contributed by atoms with Crippen LogP contribution in [-0.4, -0.2) is 22.1 Å². The average molecular weight is 347 g/mol. The number of hydrogen-bond acceptors (Lipinski definition) is 4. The summed E-state index contributed by atoms with van der Waals surface area (Å²) in [4.78, 5) is 27.1. The Morgan fingerprint density at radius 2 is 1.75 bits per heavy atom. The number of carboxylic acid groups (broad SMARTS) is 1. The molecule has 128 valence electrons. The van der Waals surface area contributed by atoms with E-state index >= 15 is 0 Å². The van der Waals surface area contributed by atoms with Gasteiger partial charge in [-0.1, -0.05) is 32.9 Å². The lowest BCUT2D eigenvalue weighted by atomic mass is 9.93. The molecule has 24 heavy (non-hydrogen) atoms. The summed E-state index contributed by atoms with van der Waals surface area (Å²) in [5.41, 5.74) is 2.07. The van der Waals surface area contributed by atoms with Gasteiger partial charge in [-0.15, -0.1) is 11.3 Å². The molecule has 0 saturated carbocycles. The average Bonchev–Trinajstić information content (AvgIpc) is 3.00. The summed E-state index contributed by atoms with van der Waals surface area (Å²) in [7, 11) is 0. The van der Waals surface area contributed by atoms with Crippen molar-refractivity contribution >= 4 is 23.3 Å². The summed E-state index contributed by atoms with van der Waals surface area (Å²) < 4.78 is 0. The van der Waals surface area contributed by atoms with Gasteiger partial charge in [0.25, 0.3) is 0 Å². The van der Waals surface area contributed by atoms with E-state index in [1.165, 1.54) is 23.5 Å². The van der Waals surface area contributed by atoms with E-state index in [9.17, 15) is 9.59 Å². The van der Waals surface area contributed by atoms with Crippen molar-refractivity contribution in [1.29, 1.82) is 0 Å². The van der Waals surface area contributed by atoms with Gasteiger partial charge < -0.3 is 15.7 Å². The Bertz CT molecular complexity index is 717. The van der Waals surface area contributed by atoms with E-state index in [-0.39, 0.29) is 17.0 Å². The molecule has 0 spiro atoms. The third-order valence-corrected chi connectivity index (χ3v) is 4.22. The lowest BCUT2D eigenvalue weighted by Crippen LogP contribution is -2.34. The van der Waals surface area contributed by atoms with Crippen molar-refractivity contribution in [3.63, 3.8) is 0 Å². The molecule has 0 bridgehead atoms. The molecule has 0 fully saturated rings. The molecule has 3 N–H and O–H groups in total. The molecule has 0 aliphatic heterocycles. The zero-order valence-corrected chi connectivity index (χ0v) is 14.7. The van der Waals surface area contributed by atoms with Crippen molar-refractivity contribution in [1.82, 2.24) is 15.6 Å². The van der Waals surface area contributed by atoms with Crippen molar-refractivity contribution in [3.05, 3.63) is 51.5 Å². The van der Waals surface area contributed by atoms with Crippen LogP contribution in [0.5, 0.6) is 0 Å². The summed E-state index contributed by atoms with van der Waals surface area (Å²) in [6, 6.07) is 6.10. The van der Waals surface area contributed by atoms with Crippen molar-refractivity contribution in [2.45, 2.75) is 39.3 Å². The molecule has 0 atom stereocenters. The Morgan fingerprint density at radius 1 is 1.12 bits per heavy atom.